The molecule has 1 unspecified atom stereocenters. The number of benzene rings is 2. The second-order valence-electron chi connectivity index (χ2n) is 6.70. The minimum atomic E-state index is -0.565. The number of rotatable bonds is 8. The molecule has 28 heavy (non-hydrogen) atoms. The first-order chi connectivity index (χ1) is 13.4. The first-order valence-electron chi connectivity index (χ1n) is 9.09. The lowest BCUT2D eigenvalue weighted by molar-refractivity contribution is -0.141. The zero-order valence-electron chi connectivity index (χ0n) is 16.9. The predicted octanol–water partition coefficient (Wildman–Crippen LogP) is 3.86. The zero-order valence-corrected chi connectivity index (χ0v) is 16.9. The van der Waals surface area contributed by atoms with Gasteiger partial charge in [-0.1, -0.05) is 32.0 Å². The Morgan fingerprint density at radius 3 is 2.04 bits per heavy atom. The number of nitrogens with one attached hydrogen (secondary N) is 1. The summed E-state index contributed by atoms with van der Waals surface area (Å²) in [7, 11) is 4.40. The van der Waals surface area contributed by atoms with Crippen LogP contribution in [0, 0.1) is 0 Å². The van der Waals surface area contributed by atoms with Gasteiger partial charge >= 0.3 is 5.97 Å². The lowest BCUT2D eigenvalue weighted by Crippen LogP contribution is -2.30. The minimum Gasteiger partial charge on any atom is -0.493 e. The lowest BCUT2D eigenvalue weighted by Gasteiger charge is -2.20. The fourth-order valence-electron chi connectivity index (χ4n) is 2.83. The van der Waals surface area contributed by atoms with Crippen LogP contribution in [-0.4, -0.2) is 33.2 Å². The summed E-state index contributed by atoms with van der Waals surface area (Å²) in [5.74, 6) is 0.786. The molecule has 0 aliphatic carbocycles. The van der Waals surface area contributed by atoms with Gasteiger partial charge in [-0.3, -0.25) is 9.59 Å². The van der Waals surface area contributed by atoms with E-state index in [1.165, 1.54) is 14.2 Å². The fourth-order valence-corrected chi connectivity index (χ4v) is 2.83. The smallest absolute Gasteiger partial charge is 0.307 e. The SMILES string of the molecule is COC(=O)CC(NC(=O)c1ccc(C(C)C)cc1)c1ccc(OC)c(OC)c1. The van der Waals surface area contributed by atoms with Crippen molar-refractivity contribution in [3.63, 3.8) is 0 Å². The van der Waals surface area contributed by atoms with E-state index in [0.29, 0.717) is 23.0 Å². The summed E-state index contributed by atoms with van der Waals surface area (Å²) in [6, 6.07) is 12.2. The van der Waals surface area contributed by atoms with Crippen LogP contribution in [0.1, 0.15) is 53.7 Å². The Balaban J connectivity index is 2.28. The van der Waals surface area contributed by atoms with E-state index in [9.17, 15) is 9.59 Å². The molecule has 6 heteroatoms. The normalized spacial score (nSPS) is 11.6. The van der Waals surface area contributed by atoms with Crippen molar-refractivity contribution >= 4 is 11.9 Å². The number of carbonyl (C=O) groups excluding carboxylic acids is 2. The van der Waals surface area contributed by atoms with Gasteiger partial charge < -0.3 is 19.5 Å². The quantitative estimate of drug-likeness (QED) is 0.699. The second-order valence-corrected chi connectivity index (χ2v) is 6.70. The van der Waals surface area contributed by atoms with Crippen LogP contribution in [0.3, 0.4) is 0 Å². The second kappa shape index (κ2) is 9.78. The molecule has 2 rings (SSSR count). The van der Waals surface area contributed by atoms with Crippen molar-refractivity contribution in [1.82, 2.24) is 5.32 Å². The van der Waals surface area contributed by atoms with Crippen LogP contribution in [-0.2, 0) is 9.53 Å². The monoisotopic (exact) mass is 385 g/mol. The number of ether oxygens (including phenoxy) is 3. The van der Waals surface area contributed by atoms with Gasteiger partial charge in [0.05, 0.1) is 33.8 Å². The summed E-state index contributed by atoms with van der Waals surface area (Å²) < 4.78 is 15.4. The van der Waals surface area contributed by atoms with Crippen molar-refractivity contribution in [2.75, 3.05) is 21.3 Å². The molecule has 150 valence electrons. The van der Waals surface area contributed by atoms with Gasteiger partial charge in [0, 0.05) is 5.56 Å². The number of amides is 1. The molecule has 0 bridgehead atoms. The minimum absolute atomic E-state index is 0.00179. The molecule has 0 aliphatic heterocycles. The Bertz CT molecular complexity index is 814. The zero-order chi connectivity index (χ0) is 20.7. The highest BCUT2D eigenvalue weighted by Gasteiger charge is 2.21. The van der Waals surface area contributed by atoms with Crippen LogP contribution in [0.5, 0.6) is 11.5 Å². The van der Waals surface area contributed by atoms with E-state index >= 15 is 0 Å². The summed E-state index contributed by atoms with van der Waals surface area (Å²) in [5, 5.41) is 2.92. The van der Waals surface area contributed by atoms with Gasteiger partial charge in [0.2, 0.25) is 0 Å². The van der Waals surface area contributed by atoms with E-state index in [-0.39, 0.29) is 12.3 Å². The van der Waals surface area contributed by atoms with Crippen molar-refractivity contribution in [2.24, 2.45) is 0 Å². The van der Waals surface area contributed by atoms with Gasteiger partial charge in [-0.2, -0.15) is 0 Å². The predicted molar refractivity (Wildman–Crippen MR) is 107 cm³/mol. The summed E-state index contributed by atoms with van der Waals surface area (Å²) in [6.07, 6.45) is 0.00179. The molecule has 2 aromatic rings. The third-order valence-electron chi connectivity index (χ3n) is 4.55. The molecule has 0 heterocycles. The first kappa shape index (κ1) is 21.3. The number of carbonyl (C=O) groups is 2. The Hall–Kier alpha value is -3.02. The maximum absolute atomic E-state index is 12.7. The summed E-state index contributed by atoms with van der Waals surface area (Å²) in [6.45, 7) is 4.19. The van der Waals surface area contributed by atoms with Crippen LogP contribution < -0.4 is 14.8 Å². The molecule has 0 fully saturated rings. The molecule has 0 aliphatic rings. The van der Waals surface area contributed by atoms with Crippen LogP contribution in [0.15, 0.2) is 42.5 Å². The highest BCUT2D eigenvalue weighted by Crippen LogP contribution is 2.31. The Morgan fingerprint density at radius 2 is 1.50 bits per heavy atom. The summed E-state index contributed by atoms with van der Waals surface area (Å²) in [5.41, 5.74) is 2.40. The highest BCUT2D eigenvalue weighted by atomic mass is 16.5. The molecule has 1 N–H and O–H groups in total. The third kappa shape index (κ3) is 5.25. The first-order valence-corrected chi connectivity index (χ1v) is 9.09. The summed E-state index contributed by atoms with van der Waals surface area (Å²) >= 11 is 0. The lowest BCUT2D eigenvalue weighted by atomic mass is 10.00. The number of hydrogen-bond donors (Lipinski definition) is 1. The molecule has 2 aromatic carbocycles. The Kier molecular flexibility index (Phi) is 7.44. The van der Waals surface area contributed by atoms with E-state index in [2.05, 4.69) is 19.2 Å². The number of esters is 1. The summed E-state index contributed by atoms with van der Waals surface area (Å²) in [4.78, 5) is 24.6. The van der Waals surface area contributed by atoms with Crippen molar-refractivity contribution in [3.05, 3.63) is 59.2 Å². The molecular formula is C22H27NO5. The topological polar surface area (TPSA) is 73.9 Å². The van der Waals surface area contributed by atoms with Gasteiger partial charge in [0.25, 0.3) is 5.91 Å². The van der Waals surface area contributed by atoms with E-state index in [1.807, 2.05) is 12.1 Å². The van der Waals surface area contributed by atoms with Crippen molar-refractivity contribution in [3.8, 4) is 11.5 Å². The number of methoxy groups -OCH3 is 3. The van der Waals surface area contributed by atoms with Crippen LogP contribution >= 0.6 is 0 Å². The van der Waals surface area contributed by atoms with Gasteiger partial charge in [-0.15, -0.1) is 0 Å². The average Bonchev–Trinajstić information content (AvgIpc) is 2.72. The third-order valence-corrected chi connectivity index (χ3v) is 4.55. The van der Waals surface area contributed by atoms with Gasteiger partial charge in [0.1, 0.15) is 0 Å². The molecule has 1 amide bonds. The van der Waals surface area contributed by atoms with E-state index in [0.717, 1.165) is 11.1 Å². The Labute approximate surface area is 165 Å². The molecule has 0 aromatic heterocycles. The van der Waals surface area contributed by atoms with Crippen molar-refractivity contribution in [2.45, 2.75) is 32.2 Å². The molecule has 0 saturated heterocycles. The van der Waals surface area contributed by atoms with Crippen LogP contribution in [0.2, 0.25) is 0 Å². The maximum Gasteiger partial charge on any atom is 0.307 e. The number of hydrogen-bond acceptors (Lipinski definition) is 5. The molecular weight excluding hydrogens is 358 g/mol. The molecule has 1 atom stereocenters. The largest absolute Gasteiger partial charge is 0.493 e. The van der Waals surface area contributed by atoms with Crippen LogP contribution in [0.25, 0.3) is 0 Å². The van der Waals surface area contributed by atoms with Gasteiger partial charge in [0.15, 0.2) is 11.5 Å². The Morgan fingerprint density at radius 1 is 0.893 bits per heavy atom. The van der Waals surface area contributed by atoms with Crippen LogP contribution in [0.4, 0.5) is 0 Å². The van der Waals surface area contributed by atoms with Gasteiger partial charge in [-0.25, -0.2) is 0 Å². The fraction of sp³-hybridized carbons (Fsp3) is 0.364. The van der Waals surface area contributed by atoms with E-state index in [4.69, 9.17) is 14.2 Å². The molecule has 0 saturated carbocycles. The van der Waals surface area contributed by atoms with Gasteiger partial charge in [-0.05, 0) is 41.3 Å². The van der Waals surface area contributed by atoms with E-state index in [1.54, 1.807) is 37.4 Å². The average molecular weight is 385 g/mol. The highest BCUT2D eigenvalue weighted by molar-refractivity contribution is 5.94. The molecule has 0 spiro atoms. The van der Waals surface area contributed by atoms with Crippen molar-refractivity contribution in [1.29, 1.82) is 0 Å². The van der Waals surface area contributed by atoms with E-state index < -0.39 is 12.0 Å². The standard InChI is InChI=1S/C22H27NO5/c1-14(2)15-6-8-16(9-7-15)22(25)23-18(13-21(24)28-5)17-10-11-19(26-3)20(12-17)27-4/h6-12,14,18H,13H2,1-5H3,(H,23,25). The molecule has 0 radical (unpaired) electrons. The molecule has 6 nitrogen and oxygen atoms in total. The maximum atomic E-state index is 12.7. The van der Waals surface area contributed by atoms with Crippen molar-refractivity contribution < 1.29 is 23.8 Å².